The quantitative estimate of drug-likeness (QED) is 0.923. The summed E-state index contributed by atoms with van der Waals surface area (Å²) >= 11 is 3.25. The van der Waals surface area contributed by atoms with Gasteiger partial charge in [-0.2, -0.15) is 0 Å². The van der Waals surface area contributed by atoms with E-state index in [1.807, 2.05) is 0 Å². The number of nitrogens with two attached hydrogens (primary N) is 1. The highest BCUT2D eigenvalue weighted by atomic mass is 79.9. The number of furan rings is 1. The van der Waals surface area contributed by atoms with Crippen LogP contribution in [0.25, 0.3) is 11.7 Å². The molecule has 0 saturated carbocycles. The Balaban J connectivity index is 1.65. The first-order valence-electron chi connectivity index (χ1n) is 6.25. The lowest BCUT2D eigenvalue weighted by Gasteiger charge is -2.12. The molecule has 0 radical (unpaired) electrons. The summed E-state index contributed by atoms with van der Waals surface area (Å²) in [6.07, 6.45) is 1.14. The topological polar surface area (TPSA) is 81.3 Å². The van der Waals surface area contributed by atoms with Crippen molar-refractivity contribution in [1.82, 2.24) is 15.1 Å². The highest BCUT2D eigenvalue weighted by molar-refractivity contribution is 9.10. The monoisotopic (exact) mass is 326 g/mol. The molecule has 1 aliphatic rings. The van der Waals surface area contributed by atoms with Gasteiger partial charge in [-0.1, -0.05) is 0 Å². The molecule has 2 N–H and O–H groups in total. The van der Waals surface area contributed by atoms with Gasteiger partial charge >= 0.3 is 0 Å². The van der Waals surface area contributed by atoms with Gasteiger partial charge in [0.25, 0.3) is 5.89 Å². The van der Waals surface area contributed by atoms with Gasteiger partial charge in [0.15, 0.2) is 10.4 Å². The molecular formula is C12H15BrN4O2. The number of hydrogen-bond acceptors (Lipinski definition) is 6. The van der Waals surface area contributed by atoms with Crippen molar-refractivity contribution in [2.24, 2.45) is 11.7 Å². The van der Waals surface area contributed by atoms with Crippen LogP contribution in [0.15, 0.2) is 25.6 Å². The third-order valence-corrected chi connectivity index (χ3v) is 3.74. The summed E-state index contributed by atoms with van der Waals surface area (Å²) in [6, 6.07) is 3.59. The summed E-state index contributed by atoms with van der Waals surface area (Å²) < 4.78 is 11.6. The van der Waals surface area contributed by atoms with E-state index in [4.69, 9.17) is 14.6 Å². The fourth-order valence-corrected chi connectivity index (χ4v) is 2.59. The largest absolute Gasteiger partial charge is 0.444 e. The van der Waals surface area contributed by atoms with Crippen LogP contribution in [0.5, 0.6) is 0 Å². The second-order valence-corrected chi connectivity index (χ2v) is 5.51. The molecule has 1 atom stereocenters. The lowest BCUT2D eigenvalue weighted by atomic mass is 10.1. The average molecular weight is 327 g/mol. The van der Waals surface area contributed by atoms with Gasteiger partial charge in [-0.3, -0.25) is 4.90 Å². The molecule has 0 aliphatic carbocycles. The van der Waals surface area contributed by atoms with Gasteiger partial charge < -0.3 is 14.6 Å². The standard InChI is InChI=1S/C12H15BrN4O2/c13-10-2-1-9(18-10)12-16-15-11(19-12)7-17-4-3-8(5-14)6-17/h1-2,8H,3-7,14H2. The van der Waals surface area contributed by atoms with E-state index in [0.29, 0.717) is 34.7 Å². The predicted octanol–water partition coefficient (Wildman–Crippen LogP) is 1.87. The average Bonchev–Trinajstić information content (AvgIpc) is 3.10. The van der Waals surface area contributed by atoms with E-state index in [2.05, 4.69) is 31.0 Å². The van der Waals surface area contributed by atoms with Crippen LogP contribution in [0.1, 0.15) is 12.3 Å². The van der Waals surface area contributed by atoms with Crippen LogP contribution in [0.3, 0.4) is 0 Å². The van der Waals surface area contributed by atoms with Crippen LogP contribution in [-0.4, -0.2) is 34.7 Å². The molecule has 7 heteroatoms. The van der Waals surface area contributed by atoms with Crippen LogP contribution >= 0.6 is 15.9 Å². The number of nitrogens with zero attached hydrogens (tertiary/aromatic N) is 3. The number of hydrogen-bond donors (Lipinski definition) is 1. The summed E-state index contributed by atoms with van der Waals surface area (Å²) in [6.45, 7) is 3.45. The maximum atomic E-state index is 5.68. The zero-order valence-corrected chi connectivity index (χ0v) is 12.0. The maximum Gasteiger partial charge on any atom is 0.283 e. The third kappa shape index (κ3) is 2.88. The highest BCUT2D eigenvalue weighted by Crippen LogP contribution is 2.24. The van der Waals surface area contributed by atoms with Crippen molar-refractivity contribution < 1.29 is 8.83 Å². The molecule has 0 bridgehead atoms. The molecule has 3 heterocycles. The molecule has 0 spiro atoms. The van der Waals surface area contributed by atoms with Gasteiger partial charge in [0, 0.05) is 6.54 Å². The fourth-order valence-electron chi connectivity index (χ4n) is 2.29. The molecule has 2 aromatic heterocycles. The van der Waals surface area contributed by atoms with E-state index in [1.54, 1.807) is 12.1 Å². The normalized spacial score (nSPS) is 20.2. The number of likely N-dealkylation sites (tertiary alicyclic amines) is 1. The first-order chi connectivity index (χ1) is 9.24. The van der Waals surface area contributed by atoms with E-state index in [9.17, 15) is 0 Å². The minimum atomic E-state index is 0.412. The molecular weight excluding hydrogens is 312 g/mol. The van der Waals surface area contributed by atoms with Crippen LogP contribution in [0.2, 0.25) is 0 Å². The summed E-state index contributed by atoms with van der Waals surface area (Å²) in [5.74, 6) is 2.19. The van der Waals surface area contributed by atoms with Crippen molar-refractivity contribution in [3.05, 3.63) is 22.7 Å². The van der Waals surface area contributed by atoms with Gasteiger partial charge in [0.1, 0.15) is 0 Å². The van der Waals surface area contributed by atoms with Crippen molar-refractivity contribution in [2.45, 2.75) is 13.0 Å². The van der Waals surface area contributed by atoms with E-state index < -0.39 is 0 Å². The van der Waals surface area contributed by atoms with Gasteiger partial charge in [0.2, 0.25) is 5.89 Å². The molecule has 102 valence electrons. The SMILES string of the molecule is NCC1CCN(Cc2nnc(-c3ccc(Br)o3)o2)C1. The molecule has 1 aliphatic heterocycles. The van der Waals surface area contributed by atoms with Gasteiger partial charge in [-0.25, -0.2) is 0 Å². The molecule has 6 nitrogen and oxygen atoms in total. The zero-order valence-electron chi connectivity index (χ0n) is 10.4. The third-order valence-electron chi connectivity index (χ3n) is 3.31. The molecule has 1 saturated heterocycles. The van der Waals surface area contributed by atoms with Crippen molar-refractivity contribution in [1.29, 1.82) is 0 Å². The van der Waals surface area contributed by atoms with Crippen molar-refractivity contribution in [3.63, 3.8) is 0 Å². The number of halogens is 1. The molecule has 0 aromatic carbocycles. The first kappa shape index (κ1) is 12.8. The van der Waals surface area contributed by atoms with E-state index >= 15 is 0 Å². The minimum Gasteiger partial charge on any atom is -0.444 e. The molecule has 2 aromatic rings. The van der Waals surface area contributed by atoms with E-state index in [1.165, 1.54) is 0 Å². The Bertz CT molecular complexity index is 553. The minimum absolute atomic E-state index is 0.412. The van der Waals surface area contributed by atoms with Crippen molar-refractivity contribution >= 4 is 15.9 Å². The zero-order chi connectivity index (χ0) is 13.2. The van der Waals surface area contributed by atoms with Crippen LogP contribution < -0.4 is 5.73 Å². The number of aromatic nitrogens is 2. The summed E-state index contributed by atoms with van der Waals surface area (Å²) in [7, 11) is 0. The summed E-state index contributed by atoms with van der Waals surface area (Å²) in [4.78, 5) is 2.28. The van der Waals surface area contributed by atoms with Crippen molar-refractivity contribution in [2.75, 3.05) is 19.6 Å². The first-order valence-corrected chi connectivity index (χ1v) is 7.04. The van der Waals surface area contributed by atoms with Crippen LogP contribution in [0.4, 0.5) is 0 Å². The van der Waals surface area contributed by atoms with Crippen molar-refractivity contribution in [3.8, 4) is 11.7 Å². The Morgan fingerprint density at radius 1 is 1.37 bits per heavy atom. The van der Waals surface area contributed by atoms with Crippen LogP contribution in [-0.2, 0) is 6.54 Å². The predicted molar refractivity (Wildman–Crippen MR) is 72.1 cm³/mol. The molecule has 1 unspecified atom stereocenters. The fraction of sp³-hybridized carbons (Fsp3) is 0.500. The smallest absolute Gasteiger partial charge is 0.283 e. The Morgan fingerprint density at radius 2 is 2.26 bits per heavy atom. The lowest BCUT2D eigenvalue weighted by molar-refractivity contribution is 0.282. The molecule has 19 heavy (non-hydrogen) atoms. The van der Waals surface area contributed by atoms with E-state index in [-0.39, 0.29) is 0 Å². The molecule has 1 fully saturated rings. The van der Waals surface area contributed by atoms with Crippen LogP contribution in [0, 0.1) is 5.92 Å². The Hall–Kier alpha value is -1.18. The summed E-state index contributed by atoms with van der Waals surface area (Å²) in [5.41, 5.74) is 5.68. The Kier molecular flexibility index (Phi) is 3.67. The maximum absolute atomic E-state index is 5.68. The molecule has 3 rings (SSSR count). The lowest BCUT2D eigenvalue weighted by Crippen LogP contribution is -2.22. The summed E-state index contributed by atoms with van der Waals surface area (Å²) in [5, 5.41) is 8.05. The van der Waals surface area contributed by atoms with Gasteiger partial charge in [-0.05, 0) is 53.5 Å². The Morgan fingerprint density at radius 3 is 2.95 bits per heavy atom. The van der Waals surface area contributed by atoms with Gasteiger partial charge in [0.05, 0.1) is 6.54 Å². The molecule has 0 amide bonds. The Labute approximate surface area is 119 Å². The highest BCUT2D eigenvalue weighted by Gasteiger charge is 2.23. The number of rotatable bonds is 4. The van der Waals surface area contributed by atoms with E-state index in [0.717, 1.165) is 26.1 Å². The second kappa shape index (κ2) is 5.44. The van der Waals surface area contributed by atoms with Gasteiger partial charge in [-0.15, -0.1) is 10.2 Å². The second-order valence-electron chi connectivity index (χ2n) is 4.73.